The van der Waals surface area contributed by atoms with Gasteiger partial charge in [-0.25, -0.2) is 13.6 Å². The monoisotopic (exact) mass is 404 g/mol. The molecular formula is C16H12N4O5S2. The Kier molecular flexibility index (Phi) is 4.83. The Balaban J connectivity index is 1.91. The second-order valence-corrected chi connectivity index (χ2v) is 8.04. The average Bonchev–Trinajstić information content (AvgIpc) is 2.88. The van der Waals surface area contributed by atoms with E-state index in [2.05, 4.69) is 0 Å². The zero-order chi connectivity index (χ0) is 19.8. The molecule has 1 saturated heterocycles. The van der Waals surface area contributed by atoms with Crippen molar-refractivity contribution in [3.05, 3.63) is 69.1 Å². The van der Waals surface area contributed by atoms with E-state index in [0.29, 0.717) is 11.3 Å². The predicted octanol–water partition coefficient (Wildman–Crippen LogP) is 2.30. The van der Waals surface area contributed by atoms with Crippen molar-refractivity contribution in [1.29, 1.82) is 5.41 Å². The largest absolute Gasteiger partial charge is 0.278 e. The number of benzene rings is 2. The van der Waals surface area contributed by atoms with Crippen molar-refractivity contribution in [3.63, 3.8) is 0 Å². The minimum absolute atomic E-state index is 0.0694. The van der Waals surface area contributed by atoms with Gasteiger partial charge in [-0.2, -0.15) is 0 Å². The summed E-state index contributed by atoms with van der Waals surface area (Å²) in [6.45, 7) is 0. The highest BCUT2D eigenvalue weighted by atomic mass is 32.2. The molecule has 0 aromatic heterocycles. The number of amides is 1. The summed E-state index contributed by atoms with van der Waals surface area (Å²) >= 11 is 0.903. The number of nitro groups is 1. The minimum atomic E-state index is -3.86. The number of hydrogen-bond acceptors (Lipinski definition) is 7. The van der Waals surface area contributed by atoms with Crippen molar-refractivity contribution in [2.45, 2.75) is 4.90 Å². The number of nitrogens with two attached hydrogens (primary N) is 1. The zero-order valence-corrected chi connectivity index (χ0v) is 15.2. The standard InChI is InChI=1S/C16H12N4O5S2/c17-16-19(11-4-6-13(7-5-11)27(18,24)25)15(21)14(26-16)9-10-2-1-3-12(8-10)20(22)23/h1-9,17H,(H2,18,24,25)/b14-9-,17-16?. The van der Waals surface area contributed by atoms with Crippen LogP contribution in [0.5, 0.6) is 0 Å². The lowest BCUT2D eigenvalue weighted by Crippen LogP contribution is -2.28. The summed E-state index contributed by atoms with van der Waals surface area (Å²) in [6.07, 6.45) is 1.47. The summed E-state index contributed by atoms with van der Waals surface area (Å²) in [5, 5.41) is 23.9. The van der Waals surface area contributed by atoms with E-state index in [1.54, 1.807) is 6.07 Å². The van der Waals surface area contributed by atoms with E-state index in [0.717, 1.165) is 16.7 Å². The Morgan fingerprint density at radius 2 is 1.85 bits per heavy atom. The van der Waals surface area contributed by atoms with Gasteiger partial charge in [0, 0.05) is 12.1 Å². The first-order valence-corrected chi connectivity index (χ1v) is 9.73. The molecule has 3 rings (SSSR count). The quantitative estimate of drug-likeness (QED) is 0.454. The fraction of sp³-hybridized carbons (Fsp3) is 0. The second-order valence-electron chi connectivity index (χ2n) is 5.45. The summed E-state index contributed by atoms with van der Waals surface area (Å²) in [7, 11) is -3.86. The van der Waals surface area contributed by atoms with Gasteiger partial charge in [0.15, 0.2) is 5.17 Å². The first kappa shape index (κ1) is 18.8. The molecule has 1 heterocycles. The van der Waals surface area contributed by atoms with Crippen molar-refractivity contribution >= 4 is 50.3 Å². The molecule has 2 aromatic carbocycles. The first-order chi connectivity index (χ1) is 12.7. The topological polar surface area (TPSA) is 147 Å². The van der Waals surface area contributed by atoms with E-state index in [1.165, 1.54) is 48.5 Å². The van der Waals surface area contributed by atoms with Crippen LogP contribution < -0.4 is 10.0 Å². The molecule has 138 valence electrons. The molecule has 1 amide bonds. The summed E-state index contributed by atoms with van der Waals surface area (Å²) in [5.41, 5.74) is 0.664. The van der Waals surface area contributed by atoms with Crippen LogP contribution in [0.3, 0.4) is 0 Å². The number of carbonyl (C=O) groups excluding carboxylic acids is 1. The maximum atomic E-state index is 12.6. The Hall–Kier alpha value is -3.02. The smallest absolute Gasteiger partial charge is 0.271 e. The third-order valence-electron chi connectivity index (χ3n) is 3.63. The third kappa shape index (κ3) is 3.89. The number of rotatable bonds is 4. The van der Waals surface area contributed by atoms with Gasteiger partial charge < -0.3 is 0 Å². The first-order valence-electron chi connectivity index (χ1n) is 7.37. The zero-order valence-electron chi connectivity index (χ0n) is 13.5. The number of thioether (sulfide) groups is 1. The molecule has 1 aliphatic rings. The number of carbonyl (C=O) groups is 1. The van der Waals surface area contributed by atoms with Crippen molar-refractivity contribution in [2.75, 3.05) is 4.90 Å². The number of non-ortho nitro benzene ring substituents is 1. The number of nitro benzene ring substituents is 1. The Morgan fingerprint density at radius 1 is 1.19 bits per heavy atom. The number of anilines is 1. The number of amidine groups is 1. The summed E-state index contributed by atoms with van der Waals surface area (Å²) in [6, 6.07) is 11.0. The lowest BCUT2D eigenvalue weighted by Gasteiger charge is -2.14. The number of hydrogen-bond donors (Lipinski definition) is 2. The number of sulfonamides is 1. The van der Waals surface area contributed by atoms with Crippen molar-refractivity contribution in [3.8, 4) is 0 Å². The van der Waals surface area contributed by atoms with Crippen LogP contribution in [-0.2, 0) is 14.8 Å². The Labute approximate surface area is 158 Å². The van der Waals surface area contributed by atoms with Crippen LogP contribution in [0.15, 0.2) is 58.3 Å². The van der Waals surface area contributed by atoms with E-state index < -0.39 is 20.9 Å². The highest BCUT2D eigenvalue weighted by Crippen LogP contribution is 2.35. The van der Waals surface area contributed by atoms with Crippen LogP contribution in [0.2, 0.25) is 0 Å². The van der Waals surface area contributed by atoms with Gasteiger partial charge in [-0.15, -0.1) is 0 Å². The molecule has 0 spiro atoms. The normalized spacial score (nSPS) is 16.2. The molecule has 0 bridgehead atoms. The molecular weight excluding hydrogens is 392 g/mol. The highest BCUT2D eigenvalue weighted by molar-refractivity contribution is 8.19. The van der Waals surface area contributed by atoms with Gasteiger partial charge in [0.05, 0.1) is 20.4 Å². The fourth-order valence-electron chi connectivity index (χ4n) is 2.39. The summed E-state index contributed by atoms with van der Waals surface area (Å²) in [5.74, 6) is -0.486. The Bertz CT molecular complexity index is 1090. The maximum Gasteiger partial charge on any atom is 0.271 e. The lowest BCUT2D eigenvalue weighted by atomic mass is 10.2. The van der Waals surface area contributed by atoms with E-state index in [1.807, 2.05) is 0 Å². The van der Waals surface area contributed by atoms with Crippen LogP contribution in [-0.4, -0.2) is 24.4 Å². The van der Waals surface area contributed by atoms with Crippen LogP contribution in [0.1, 0.15) is 5.56 Å². The molecule has 2 aromatic rings. The van der Waals surface area contributed by atoms with Crippen LogP contribution in [0.25, 0.3) is 6.08 Å². The molecule has 9 nitrogen and oxygen atoms in total. The molecule has 0 aliphatic carbocycles. The van der Waals surface area contributed by atoms with Crippen LogP contribution in [0, 0.1) is 15.5 Å². The average molecular weight is 404 g/mol. The van der Waals surface area contributed by atoms with E-state index >= 15 is 0 Å². The van der Waals surface area contributed by atoms with Crippen molar-refractivity contribution in [1.82, 2.24) is 0 Å². The summed E-state index contributed by atoms with van der Waals surface area (Å²) in [4.78, 5) is 24.2. The number of primary sulfonamides is 1. The van der Waals surface area contributed by atoms with Crippen molar-refractivity contribution in [2.24, 2.45) is 5.14 Å². The van der Waals surface area contributed by atoms with Gasteiger partial charge in [-0.05, 0) is 47.7 Å². The lowest BCUT2D eigenvalue weighted by molar-refractivity contribution is -0.384. The molecule has 0 saturated carbocycles. The van der Waals surface area contributed by atoms with Gasteiger partial charge >= 0.3 is 0 Å². The molecule has 0 unspecified atom stereocenters. The van der Waals surface area contributed by atoms with E-state index in [9.17, 15) is 23.3 Å². The third-order valence-corrected chi connectivity index (χ3v) is 5.44. The highest BCUT2D eigenvalue weighted by Gasteiger charge is 2.33. The number of nitrogens with one attached hydrogen (secondary N) is 1. The van der Waals surface area contributed by atoms with Gasteiger partial charge in [0.2, 0.25) is 10.0 Å². The molecule has 3 N–H and O–H groups in total. The second kappa shape index (κ2) is 6.95. The van der Waals surface area contributed by atoms with E-state index in [-0.39, 0.29) is 20.7 Å². The van der Waals surface area contributed by atoms with Crippen LogP contribution >= 0.6 is 11.8 Å². The molecule has 1 aliphatic heterocycles. The van der Waals surface area contributed by atoms with E-state index in [4.69, 9.17) is 10.5 Å². The molecule has 0 atom stereocenters. The van der Waals surface area contributed by atoms with Gasteiger partial charge in [-0.1, -0.05) is 12.1 Å². The molecule has 1 fully saturated rings. The van der Waals surface area contributed by atoms with Gasteiger partial charge in [0.1, 0.15) is 0 Å². The van der Waals surface area contributed by atoms with Crippen molar-refractivity contribution < 1.29 is 18.1 Å². The van der Waals surface area contributed by atoms with Gasteiger partial charge in [-0.3, -0.25) is 25.2 Å². The number of nitrogens with zero attached hydrogens (tertiary/aromatic N) is 2. The Morgan fingerprint density at radius 3 is 2.44 bits per heavy atom. The molecule has 11 heteroatoms. The van der Waals surface area contributed by atoms with Gasteiger partial charge in [0.25, 0.3) is 11.6 Å². The molecule has 0 radical (unpaired) electrons. The predicted molar refractivity (Wildman–Crippen MR) is 102 cm³/mol. The summed E-state index contributed by atoms with van der Waals surface area (Å²) < 4.78 is 22.6. The minimum Gasteiger partial charge on any atom is -0.278 e. The fourth-order valence-corrected chi connectivity index (χ4v) is 3.76. The van der Waals surface area contributed by atoms with Crippen LogP contribution in [0.4, 0.5) is 11.4 Å². The maximum absolute atomic E-state index is 12.6. The molecule has 27 heavy (non-hydrogen) atoms. The SMILES string of the molecule is N=C1S/C(=C\c2cccc([N+](=O)[O-])c2)C(=O)N1c1ccc(S(N)(=O)=O)cc1.